The molecule has 2 aromatic rings. The van der Waals surface area contributed by atoms with Gasteiger partial charge in [-0.1, -0.05) is 6.07 Å². The first kappa shape index (κ1) is 22.9. The predicted molar refractivity (Wildman–Crippen MR) is 117 cm³/mol. The second kappa shape index (κ2) is 9.57. The molecule has 9 heteroatoms. The minimum absolute atomic E-state index is 0.154. The summed E-state index contributed by atoms with van der Waals surface area (Å²) < 4.78 is 43.5. The molecule has 0 bridgehead atoms. The zero-order valence-corrected chi connectivity index (χ0v) is 19.0. The molecular formula is C22H28N2O6S. The number of nitrogens with one attached hydrogen (secondary N) is 1. The second-order valence-corrected chi connectivity index (χ2v) is 9.29. The van der Waals surface area contributed by atoms with Gasteiger partial charge in [-0.15, -0.1) is 0 Å². The Kier molecular flexibility index (Phi) is 7.07. The summed E-state index contributed by atoms with van der Waals surface area (Å²) in [5.41, 5.74) is 1.38. The van der Waals surface area contributed by atoms with Crippen LogP contribution in [0, 0.1) is 12.8 Å². The van der Waals surface area contributed by atoms with Crippen LogP contribution in [0.5, 0.6) is 17.2 Å². The van der Waals surface area contributed by atoms with Crippen LogP contribution < -0.4 is 19.5 Å². The van der Waals surface area contributed by atoms with Gasteiger partial charge in [-0.3, -0.25) is 4.79 Å². The van der Waals surface area contributed by atoms with Gasteiger partial charge in [-0.25, -0.2) is 8.42 Å². The van der Waals surface area contributed by atoms with E-state index in [1.807, 2.05) is 13.0 Å². The molecule has 0 saturated carbocycles. The number of sulfonamides is 1. The van der Waals surface area contributed by atoms with Crippen LogP contribution in [-0.2, 0) is 14.8 Å². The maximum atomic E-state index is 13.1. The van der Waals surface area contributed by atoms with E-state index in [1.54, 1.807) is 37.4 Å². The fraction of sp³-hybridized carbons (Fsp3) is 0.409. The van der Waals surface area contributed by atoms with E-state index >= 15 is 0 Å². The summed E-state index contributed by atoms with van der Waals surface area (Å²) in [6, 6.07) is 10.2. The number of nitrogens with zero attached hydrogens (tertiary/aromatic N) is 1. The summed E-state index contributed by atoms with van der Waals surface area (Å²) in [5.74, 6) is 0.988. The molecule has 0 spiro atoms. The number of carbonyl (C=O) groups is 1. The van der Waals surface area contributed by atoms with Gasteiger partial charge < -0.3 is 19.5 Å². The molecule has 0 radical (unpaired) electrons. The lowest BCUT2D eigenvalue weighted by atomic mass is 9.97. The lowest BCUT2D eigenvalue weighted by Crippen LogP contribution is -2.41. The van der Waals surface area contributed by atoms with Crippen LogP contribution in [-0.4, -0.2) is 53.0 Å². The van der Waals surface area contributed by atoms with Crippen LogP contribution in [0.3, 0.4) is 0 Å². The van der Waals surface area contributed by atoms with Gasteiger partial charge in [-0.05, 0) is 49.6 Å². The quantitative estimate of drug-likeness (QED) is 0.700. The number of ether oxygens (including phenoxy) is 3. The molecule has 1 aliphatic heterocycles. The van der Waals surface area contributed by atoms with Crippen LogP contribution in [0.25, 0.3) is 0 Å². The van der Waals surface area contributed by atoms with E-state index in [1.165, 1.54) is 18.5 Å². The number of rotatable bonds is 7. The van der Waals surface area contributed by atoms with Crippen molar-refractivity contribution in [3.8, 4) is 17.2 Å². The number of hydrogen-bond donors (Lipinski definition) is 1. The molecular weight excluding hydrogens is 420 g/mol. The Morgan fingerprint density at radius 3 is 2.26 bits per heavy atom. The SMILES string of the molecule is COc1ccc(NC(=O)C2CCN(S(=O)(=O)c3cc(C)ccc3OC)CC2)c(OC)c1. The number of aryl methyl sites for hydroxylation is 1. The smallest absolute Gasteiger partial charge is 0.246 e. The molecule has 1 saturated heterocycles. The highest BCUT2D eigenvalue weighted by molar-refractivity contribution is 7.89. The van der Waals surface area contributed by atoms with Gasteiger partial charge in [0.25, 0.3) is 0 Å². The average Bonchev–Trinajstić information content (AvgIpc) is 2.79. The zero-order valence-electron chi connectivity index (χ0n) is 18.2. The van der Waals surface area contributed by atoms with Crippen LogP contribution >= 0.6 is 0 Å². The highest BCUT2D eigenvalue weighted by atomic mass is 32.2. The lowest BCUT2D eigenvalue weighted by molar-refractivity contribution is -0.120. The Morgan fingerprint density at radius 1 is 0.968 bits per heavy atom. The maximum Gasteiger partial charge on any atom is 0.246 e. The Balaban J connectivity index is 1.68. The van der Waals surface area contributed by atoms with Crippen molar-refractivity contribution in [2.24, 2.45) is 5.92 Å². The molecule has 8 nitrogen and oxygen atoms in total. The minimum Gasteiger partial charge on any atom is -0.497 e. The summed E-state index contributed by atoms with van der Waals surface area (Å²) in [4.78, 5) is 12.9. The van der Waals surface area contributed by atoms with Crippen molar-refractivity contribution < 1.29 is 27.4 Å². The first-order chi connectivity index (χ1) is 14.8. The largest absolute Gasteiger partial charge is 0.497 e. The van der Waals surface area contributed by atoms with E-state index < -0.39 is 10.0 Å². The van der Waals surface area contributed by atoms with Gasteiger partial charge in [0.15, 0.2) is 0 Å². The molecule has 0 unspecified atom stereocenters. The van der Waals surface area contributed by atoms with Crippen molar-refractivity contribution in [2.45, 2.75) is 24.7 Å². The Bertz CT molecular complexity index is 1050. The Labute approximate surface area is 183 Å². The molecule has 1 amide bonds. The molecule has 1 fully saturated rings. The van der Waals surface area contributed by atoms with Crippen molar-refractivity contribution in [1.82, 2.24) is 4.31 Å². The minimum atomic E-state index is -3.71. The first-order valence-corrected chi connectivity index (χ1v) is 11.4. The number of anilines is 1. The van der Waals surface area contributed by atoms with E-state index in [0.717, 1.165) is 5.56 Å². The van der Waals surface area contributed by atoms with E-state index in [4.69, 9.17) is 14.2 Å². The van der Waals surface area contributed by atoms with Crippen LogP contribution in [0.1, 0.15) is 18.4 Å². The Morgan fingerprint density at radius 2 is 1.65 bits per heavy atom. The molecule has 31 heavy (non-hydrogen) atoms. The second-order valence-electron chi connectivity index (χ2n) is 7.39. The van der Waals surface area contributed by atoms with Crippen LogP contribution in [0.4, 0.5) is 5.69 Å². The monoisotopic (exact) mass is 448 g/mol. The lowest BCUT2D eigenvalue weighted by Gasteiger charge is -2.31. The number of carbonyl (C=O) groups excluding carboxylic acids is 1. The van der Waals surface area contributed by atoms with Gasteiger partial charge >= 0.3 is 0 Å². The zero-order chi connectivity index (χ0) is 22.6. The van der Waals surface area contributed by atoms with E-state index in [-0.39, 0.29) is 29.8 Å². The standard InChI is InChI=1S/C22H28N2O6S/c1-15-5-8-19(29-3)21(13-15)31(26,27)24-11-9-16(10-12-24)22(25)23-18-7-6-17(28-2)14-20(18)30-4/h5-8,13-14,16H,9-12H2,1-4H3,(H,23,25). The molecule has 1 heterocycles. The molecule has 3 rings (SSSR count). The summed E-state index contributed by atoms with van der Waals surface area (Å²) >= 11 is 0. The Hall–Kier alpha value is -2.78. The van der Waals surface area contributed by atoms with E-state index in [0.29, 0.717) is 35.8 Å². The highest BCUT2D eigenvalue weighted by Crippen LogP contribution is 2.32. The number of methoxy groups -OCH3 is 3. The summed E-state index contributed by atoms with van der Waals surface area (Å²) in [7, 11) is 0.819. The summed E-state index contributed by atoms with van der Waals surface area (Å²) in [6.45, 7) is 2.36. The van der Waals surface area contributed by atoms with E-state index in [9.17, 15) is 13.2 Å². The number of piperidine rings is 1. The highest BCUT2D eigenvalue weighted by Gasteiger charge is 2.34. The molecule has 1 aliphatic rings. The molecule has 0 atom stereocenters. The van der Waals surface area contributed by atoms with Crippen molar-refractivity contribution in [2.75, 3.05) is 39.7 Å². The molecule has 2 aromatic carbocycles. The van der Waals surface area contributed by atoms with Gasteiger partial charge in [0, 0.05) is 25.1 Å². The van der Waals surface area contributed by atoms with Crippen molar-refractivity contribution in [3.63, 3.8) is 0 Å². The average molecular weight is 449 g/mol. The fourth-order valence-corrected chi connectivity index (χ4v) is 5.33. The van der Waals surface area contributed by atoms with Crippen molar-refractivity contribution in [1.29, 1.82) is 0 Å². The van der Waals surface area contributed by atoms with E-state index in [2.05, 4.69) is 5.32 Å². The molecule has 1 N–H and O–H groups in total. The molecule has 0 aliphatic carbocycles. The number of benzene rings is 2. The maximum absolute atomic E-state index is 13.1. The third-order valence-electron chi connectivity index (χ3n) is 5.43. The summed E-state index contributed by atoms with van der Waals surface area (Å²) in [5, 5.41) is 2.89. The van der Waals surface area contributed by atoms with Crippen molar-refractivity contribution in [3.05, 3.63) is 42.0 Å². The van der Waals surface area contributed by atoms with Gasteiger partial charge in [0.05, 0.1) is 27.0 Å². The fourth-order valence-electron chi connectivity index (χ4n) is 3.62. The summed E-state index contributed by atoms with van der Waals surface area (Å²) in [6.07, 6.45) is 0.856. The van der Waals surface area contributed by atoms with Crippen LogP contribution in [0.15, 0.2) is 41.3 Å². The van der Waals surface area contributed by atoms with Gasteiger partial charge in [0.2, 0.25) is 15.9 Å². The third-order valence-corrected chi connectivity index (χ3v) is 7.35. The topological polar surface area (TPSA) is 94.2 Å². The van der Waals surface area contributed by atoms with Gasteiger partial charge in [0.1, 0.15) is 22.1 Å². The predicted octanol–water partition coefficient (Wildman–Crippen LogP) is 3.06. The van der Waals surface area contributed by atoms with Crippen molar-refractivity contribution >= 4 is 21.6 Å². The van der Waals surface area contributed by atoms with Crippen LogP contribution in [0.2, 0.25) is 0 Å². The molecule has 168 valence electrons. The number of amides is 1. The normalized spacial score (nSPS) is 15.4. The number of hydrogen-bond acceptors (Lipinski definition) is 6. The molecule has 0 aromatic heterocycles. The van der Waals surface area contributed by atoms with Gasteiger partial charge in [-0.2, -0.15) is 4.31 Å². The third kappa shape index (κ3) is 4.94. The first-order valence-electron chi connectivity index (χ1n) is 9.97.